The van der Waals surface area contributed by atoms with Crippen LogP contribution in [0.15, 0.2) is 18.2 Å². The summed E-state index contributed by atoms with van der Waals surface area (Å²) in [6, 6.07) is 2.12. The lowest BCUT2D eigenvalue weighted by atomic mass is 10.1. The Hall–Kier alpha value is -2.46. The minimum absolute atomic E-state index is 0.0299. The van der Waals surface area contributed by atoms with Crippen LogP contribution < -0.4 is 4.74 Å². The largest absolute Gasteiger partial charge is 0.467 e. The summed E-state index contributed by atoms with van der Waals surface area (Å²) in [6.07, 6.45) is 2.81. The van der Waals surface area contributed by atoms with Gasteiger partial charge in [-0.2, -0.15) is 0 Å². The SMILES string of the molecule is CCN(C(=O)COC(=O)/C=C/c1cc(F)cc2c1OCOC2)[C@H]1CCS(=O)(=O)C1. The molecule has 1 atom stereocenters. The van der Waals surface area contributed by atoms with E-state index in [9.17, 15) is 22.4 Å². The fourth-order valence-electron chi connectivity index (χ4n) is 3.41. The average Bonchev–Trinajstić information content (AvgIpc) is 3.04. The Morgan fingerprint density at radius 2 is 2.17 bits per heavy atom. The van der Waals surface area contributed by atoms with Crippen molar-refractivity contribution in [3.8, 4) is 5.75 Å². The van der Waals surface area contributed by atoms with E-state index in [1.807, 2.05) is 0 Å². The number of carbonyl (C=O) groups excluding carboxylic acids is 2. The Morgan fingerprint density at radius 1 is 1.38 bits per heavy atom. The number of likely N-dealkylation sites (N-methyl/N-ethyl adjacent to an activating group) is 1. The van der Waals surface area contributed by atoms with Gasteiger partial charge in [0.2, 0.25) is 0 Å². The molecule has 10 heteroatoms. The van der Waals surface area contributed by atoms with Gasteiger partial charge in [0.15, 0.2) is 23.2 Å². The first-order chi connectivity index (χ1) is 13.8. The first-order valence-electron chi connectivity index (χ1n) is 9.16. The van der Waals surface area contributed by atoms with Gasteiger partial charge in [-0.25, -0.2) is 17.6 Å². The summed E-state index contributed by atoms with van der Waals surface area (Å²) in [5, 5.41) is 0. The second kappa shape index (κ2) is 8.91. The number of carbonyl (C=O) groups is 2. The summed E-state index contributed by atoms with van der Waals surface area (Å²) in [5.74, 6) is -1.33. The highest BCUT2D eigenvalue weighted by atomic mass is 32.2. The zero-order valence-corrected chi connectivity index (χ0v) is 16.7. The number of benzene rings is 1. The van der Waals surface area contributed by atoms with Crippen LogP contribution in [0.4, 0.5) is 4.39 Å². The van der Waals surface area contributed by atoms with Gasteiger partial charge in [0.1, 0.15) is 11.6 Å². The van der Waals surface area contributed by atoms with Gasteiger partial charge in [0, 0.05) is 29.8 Å². The van der Waals surface area contributed by atoms with Gasteiger partial charge in [0.25, 0.3) is 5.91 Å². The molecule has 0 saturated carbocycles. The quantitative estimate of drug-likeness (QED) is 0.498. The van der Waals surface area contributed by atoms with Crippen molar-refractivity contribution < 1.29 is 36.6 Å². The highest BCUT2D eigenvalue weighted by Crippen LogP contribution is 2.30. The molecular weight excluding hydrogens is 405 g/mol. The average molecular weight is 427 g/mol. The monoisotopic (exact) mass is 427 g/mol. The molecule has 0 radical (unpaired) electrons. The third-order valence-corrected chi connectivity index (χ3v) is 6.50. The van der Waals surface area contributed by atoms with Crippen LogP contribution in [0.25, 0.3) is 6.08 Å². The number of halogens is 1. The molecule has 0 spiro atoms. The molecule has 3 rings (SSSR count). The van der Waals surface area contributed by atoms with E-state index in [2.05, 4.69) is 0 Å². The minimum Gasteiger partial charge on any atom is -0.467 e. The highest BCUT2D eigenvalue weighted by molar-refractivity contribution is 7.91. The molecule has 0 N–H and O–H groups in total. The Labute approximate surface area is 168 Å². The van der Waals surface area contributed by atoms with E-state index >= 15 is 0 Å². The number of hydrogen-bond donors (Lipinski definition) is 0. The van der Waals surface area contributed by atoms with Gasteiger partial charge in [-0.05, 0) is 31.6 Å². The first-order valence-corrected chi connectivity index (χ1v) is 11.0. The molecule has 1 fully saturated rings. The third-order valence-electron chi connectivity index (χ3n) is 4.75. The summed E-state index contributed by atoms with van der Waals surface area (Å²) >= 11 is 0. The van der Waals surface area contributed by atoms with Crippen molar-refractivity contribution in [2.24, 2.45) is 0 Å². The van der Waals surface area contributed by atoms with Crippen LogP contribution in [0.1, 0.15) is 24.5 Å². The van der Waals surface area contributed by atoms with Gasteiger partial charge >= 0.3 is 5.97 Å². The van der Waals surface area contributed by atoms with E-state index in [0.29, 0.717) is 29.8 Å². The fraction of sp³-hybridized carbons (Fsp3) is 0.474. The number of rotatable bonds is 6. The smallest absolute Gasteiger partial charge is 0.331 e. The number of sulfone groups is 1. The number of ether oxygens (including phenoxy) is 3. The lowest BCUT2D eigenvalue weighted by molar-refractivity contribution is -0.149. The van der Waals surface area contributed by atoms with Gasteiger partial charge in [0.05, 0.1) is 18.1 Å². The fourth-order valence-corrected chi connectivity index (χ4v) is 5.14. The zero-order valence-electron chi connectivity index (χ0n) is 15.9. The third kappa shape index (κ3) is 5.33. The Kier molecular flexibility index (Phi) is 6.53. The lowest BCUT2D eigenvalue weighted by Crippen LogP contribution is -2.43. The van der Waals surface area contributed by atoms with E-state index in [4.69, 9.17) is 14.2 Å². The van der Waals surface area contributed by atoms with Crippen molar-refractivity contribution in [1.29, 1.82) is 0 Å². The molecule has 0 aromatic heterocycles. The van der Waals surface area contributed by atoms with Crippen LogP contribution in [0.2, 0.25) is 0 Å². The van der Waals surface area contributed by atoms with Gasteiger partial charge < -0.3 is 19.1 Å². The Balaban J connectivity index is 1.58. The van der Waals surface area contributed by atoms with Crippen LogP contribution >= 0.6 is 0 Å². The summed E-state index contributed by atoms with van der Waals surface area (Å²) in [4.78, 5) is 25.7. The summed E-state index contributed by atoms with van der Waals surface area (Å²) < 4.78 is 52.4. The molecule has 2 heterocycles. The zero-order chi connectivity index (χ0) is 21.0. The van der Waals surface area contributed by atoms with E-state index in [0.717, 1.165) is 6.08 Å². The van der Waals surface area contributed by atoms with Crippen molar-refractivity contribution >= 4 is 27.8 Å². The molecule has 0 bridgehead atoms. The first kappa shape index (κ1) is 21.3. The summed E-state index contributed by atoms with van der Waals surface area (Å²) in [5.41, 5.74) is 0.891. The van der Waals surface area contributed by atoms with Crippen molar-refractivity contribution in [2.75, 3.05) is 31.5 Å². The predicted octanol–water partition coefficient (Wildman–Crippen LogP) is 1.28. The molecule has 2 aliphatic rings. The van der Waals surface area contributed by atoms with Crippen LogP contribution in [-0.2, 0) is 35.5 Å². The molecular formula is C19H22FNO7S. The second-order valence-corrected chi connectivity index (χ2v) is 9.00. The van der Waals surface area contributed by atoms with E-state index < -0.39 is 40.2 Å². The van der Waals surface area contributed by atoms with Crippen LogP contribution in [0.3, 0.4) is 0 Å². The summed E-state index contributed by atoms with van der Waals surface area (Å²) in [6.45, 7) is 1.79. The highest BCUT2D eigenvalue weighted by Gasteiger charge is 2.34. The molecule has 1 aromatic carbocycles. The van der Waals surface area contributed by atoms with Crippen LogP contribution in [0.5, 0.6) is 5.75 Å². The molecule has 8 nitrogen and oxygen atoms in total. The number of amides is 1. The van der Waals surface area contributed by atoms with Gasteiger partial charge in [-0.3, -0.25) is 4.79 Å². The van der Waals surface area contributed by atoms with Gasteiger partial charge in [-0.1, -0.05) is 0 Å². The molecule has 1 amide bonds. The minimum atomic E-state index is -3.13. The van der Waals surface area contributed by atoms with Crippen molar-refractivity contribution in [3.05, 3.63) is 35.2 Å². The molecule has 158 valence electrons. The number of nitrogens with zero attached hydrogens (tertiary/aromatic N) is 1. The normalized spacial score (nSPS) is 20.1. The lowest BCUT2D eigenvalue weighted by Gasteiger charge is -2.26. The molecule has 1 aromatic rings. The number of hydrogen-bond acceptors (Lipinski definition) is 7. The van der Waals surface area contributed by atoms with E-state index in [1.54, 1.807) is 6.92 Å². The Morgan fingerprint density at radius 3 is 2.86 bits per heavy atom. The predicted molar refractivity (Wildman–Crippen MR) is 101 cm³/mol. The molecule has 0 aliphatic carbocycles. The van der Waals surface area contributed by atoms with Crippen LogP contribution in [0, 0.1) is 5.82 Å². The summed E-state index contributed by atoms with van der Waals surface area (Å²) in [7, 11) is -3.13. The number of esters is 1. The standard InChI is InChI=1S/C19H22FNO7S/c1-2-21(16-5-6-29(24,25)11-16)17(22)10-27-18(23)4-3-13-7-15(20)8-14-9-26-12-28-19(13)14/h3-4,7-8,16H,2,5-6,9-12H2,1H3/b4-3+/t16-/m0/s1. The molecule has 0 unspecified atom stereocenters. The molecule has 29 heavy (non-hydrogen) atoms. The maximum atomic E-state index is 13.7. The second-order valence-electron chi connectivity index (χ2n) is 6.77. The van der Waals surface area contributed by atoms with Crippen molar-refractivity contribution in [3.63, 3.8) is 0 Å². The van der Waals surface area contributed by atoms with Crippen molar-refractivity contribution in [2.45, 2.75) is 26.0 Å². The van der Waals surface area contributed by atoms with Crippen molar-refractivity contribution in [1.82, 2.24) is 4.90 Å². The van der Waals surface area contributed by atoms with Crippen LogP contribution in [-0.4, -0.2) is 62.7 Å². The molecule has 2 aliphatic heterocycles. The Bertz CT molecular complexity index is 929. The van der Waals surface area contributed by atoms with E-state index in [-0.39, 0.29) is 24.9 Å². The van der Waals surface area contributed by atoms with E-state index in [1.165, 1.54) is 23.1 Å². The maximum absolute atomic E-state index is 13.7. The maximum Gasteiger partial charge on any atom is 0.331 e. The van der Waals surface area contributed by atoms with Gasteiger partial charge in [-0.15, -0.1) is 0 Å². The molecule has 1 saturated heterocycles. The number of fused-ring (bicyclic) bond motifs is 1. The topological polar surface area (TPSA) is 99.2 Å².